The quantitative estimate of drug-likeness (QED) is 0.790. The van der Waals surface area contributed by atoms with E-state index in [-0.39, 0.29) is 36.1 Å². The van der Waals surface area contributed by atoms with Crippen molar-refractivity contribution in [3.05, 3.63) is 59.2 Å². The Hall–Kier alpha value is -3.02. The molecule has 0 aromatic heterocycles. The minimum atomic E-state index is -0.938. The van der Waals surface area contributed by atoms with Gasteiger partial charge in [0.2, 0.25) is 12.7 Å². The van der Waals surface area contributed by atoms with Crippen molar-refractivity contribution in [3.63, 3.8) is 0 Å². The molecular formula is C23H25NO5. The number of ether oxygens (including phenoxy) is 2. The number of rotatable bonds is 5. The molecule has 0 radical (unpaired) electrons. The Morgan fingerprint density at radius 2 is 1.76 bits per heavy atom. The van der Waals surface area contributed by atoms with Crippen LogP contribution in [0.4, 0.5) is 0 Å². The van der Waals surface area contributed by atoms with Crippen molar-refractivity contribution in [1.82, 2.24) is 5.32 Å². The third-order valence-electron chi connectivity index (χ3n) is 5.94. The average Bonchev–Trinajstić information content (AvgIpc) is 3.21. The van der Waals surface area contributed by atoms with Crippen LogP contribution >= 0.6 is 0 Å². The van der Waals surface area contributed by atoms with Gasteiger partial charge in [0.05, 0.1) is 11.6 Å². The van der Waals surface area contributed by atoms with E-state index < -0.39 is 5.97 Å². The number of nitrogens with one attached hydrogen (secondary N) is 1. The zero-order valence-electron chi connectivity index (χ0n) is 16.4. The molecule has 6 heteroatoms. The first-order valence-corrected chi connectivity index (χ1v) is 10.1. The third kappa shape index (κ3) is 4.06. The van der Waals surface area contributed by atoms with Gasteiger partial charge in [0, 0.05) is 5.92 Å². The maximum atomic E-state index is 13.1. The molecule has 1 heterocycles. The van der Waals surface area contributed by atoms with E-state index >= 15 is 0 Å². The average molecular weight is 395 g/mol. The predicted molar refractivity (Wildman–Crippen MR) is 107 cm³/mol. The summed E-state index contributed by atoms with van der Waals surface area (Å²) in [6.45, 7) is 2.19. The van der Waals surface area contributed by atoms with Crippen LogP contribution in [-0.2, 0) is 4.79 Å². The largest absolute Gasteiger partial charge is 0.478 e. The first-order valence-electron chi connectivity index (χ1n) is 10.1. The highest BCUT2D eigenvalue weighted by atomic mass is 16.7. The van der Waals surface area contributed by atoms with E-state index in [1.165, 1.54) is 0 Å². The number of carboxylic acids is 1. The highest BCUT2D eigenvalue weighted by molar-refractivity contribution is 5.87. The number of hydrogen-bond acceptors (Lipinski definition) is 4. The predicted octanol–water partition coefficient (Wildman–Crippen LogP) is 4.26. The number of hydrogen-bond donors (Lipinski definition) is 2. The van der Waals surface area contributed by atoms with Gasteiger partial charge in [0.25, 0.3) is 0 Å². The van der Waals surface area contributed by atoms with Gasteiger partial charge >= 0.3 is 5.97 Å². The lowest BCUT2D eigenvalue weighted by Crippen LogP contribution is -2.37. The third-order valence-corrected chi connectivity index (χ3v) is 5.94. The van der Waals surface area contributed by atoms with E-state index in [0.717, 1.165) is 42.6 Å². The summed E-state index contributed by atoms with van der Waals surface area (Å²) in [5, 5.41) is 12.3. The molecule has 2 aromatic rings. The molecule has 6 nitrogen and oxygen atoms in total. The fraction of sp³-hybridized carbons (Fsp3) is 0.391. The molecule has 1 aliphatic carbocycles. The lowest BCUT2D eigenvalue weighted by Gasteiger charge is -2.32. The molecule has 2 aromatic carbocycles. The molecule has 1 fully saturated rings. The molecule has 1 aliphatic heterocycles. The molecule has 2 aliphatic rings. The van der Waals surface area contributed by atoms with Crippen LogP contribution < -0.4 is 14.8 Å². The maximum absolute atomic E-state index is 13.1. The number of amides is 1. The van der Waals surface area contributed by atoms with Gasteiger partial charge in [-0.15, -0.1) is 0 Å². The van der Waals surface area contributed by atoms with Crippen molar-refractivity contribution in [3.8, 4) is 11.5 Å². The Kier molecular flexibility index (Phi) is 5.43. The second-order valence-electron chi connectivity index (χ2n) is 7.77. The number of carbonyl (C=O) groups is 2. The summed E-state index contributed by atoms with van der Waals surface area (Å²) >= 11 is 0. The summed E-state index contributed by atoms with van der Waals surface area (Å²) in [7, 11) is 0. The van der Waals surface area contributed by atoms with Gasteiger partial charge < -0.3 is 19.9 Å². The van der Waals surface area contributed by atoms with Gasteiger partial charge in [0.1, 0.15) is 0 Å². The molecule has 4 rings (SSSR count). The van der Waals surface area contributed by atoms with Gasteiger partial charge in [0.15, 0.2) is 11.5 Å². The molecule has 1 unspecified atom stereocenters. The zero-order valence-corrected chi connectivity index (χ0v) is 16.4. The second-order valence-corrected chi connectivity index (χ2v) is 7.77. The minimum Gasteiger partial charge on any atom is -0.478 e. The summed E-state index contributed by atoms with van der Waals surface area (Å²) < 4.78 is 10.8. The molecule has 0 spiro atoms. The fourth-order valence-corrected chi connectivity index (χ4v) is 4.30. The summed E-state index contributed by atoms with van der Waals surface area (Å²) in [5.74, 6) is 0.530. The van der Waals surface area contributed by atoms with Gasteiger partial charge in [-0.25, -0.2) is 4.79 Å². The Morgan fingerprint density at radius 3 is 2.52 bits per heavy atom. The van der Waals surface area contributed by atoms with Crippen LogP contribution in [0.25, 0.3) is 0 Å². The minimum absolute atomic E-state index is 0.0437. The van der Waals surface area contributed by atoms with Crippen molar-refractivity contribution >= 4 is 11.9 Å². The standard InChI is InChI=1S/C23H25NO5/c1-14(17-10-11-20-21(12-17)29-13-28-20)24-22(25)19-5-3-2-4-18(19)15-6-8-16(9-7-15)23(26)27/h6-12,14,18-19H,2-5,13H2,1H3,(H,24,25)(H,26,27)/t14?,18-,19+/m1/s1. The van der Waals surface area contributed by atoms with Gasteiger partial charge in [-0.05, 0) is 61.1 Å². The molecule has 152 valence electrons. The van der Waals surface area contributed by atoms with Crippen molar-refractivity contribution in [1.29, 1.82) is 0 Å². The van der Waals surface area contributed by atoms with E-state index in [2.05, 4.69) is 5.32 Å². The highest BCUT2D eigenvalue weighted by Gasteiger charge is 2.33. The Morgan fingerprint density at radius 1 is 1.03 bits per heavy atom. The van der Waals surface area contributed by atoms with E-state index in [1.807, 2.05) is 37.3 Å². The number of benzene rings is 2. The smallest absolute Gasteiger partial charge is 0.335 e. The summed E-state index contributed by atoms with van der Waals surface area (Å²) in [4.78, 5) is 24.2. The molecule has 29 heavy (non-hydrogen) atoms. The van der Waals surface area contributed by atoms with Crippen molar-refractivity contribution in [2.75, 3.05) is 6.79 Å². The Bertz CT molecular complexity index is 908. The second kappa shape index (κ2) is 8.15. The highest BCUT2D eigenvalue weighted by Crippen LogP contribution is 2.39. The van der Waals surface area contributed by atoms with E-state index in [9.17, 15) is 9.59 Å². The zero-order chi connectivity index (χ0) is 20.4. The SMILES string of the molecule is CC(NC(=O)[C@H]1CCCC[C@@H]1c1ccc(C(=O)O)cc1)c1ccc2c(c1)OCO2. The topological polar surface area (TPSA) is 84.9 Å². The van der Waals surface area contributed by atoms with Gasteiger partial charge in [-0.1, -0.05) is 31.0 Å². The van der Waals surface area contributed by atoms with E-state index in [0.29, 0.717) is 5.75 Å². The first kappa shape index (κ1) is 19.3. The van der Waals surface area contributed by atoms with Crippen LogP contribution in [0.3, 0.4) is 0 Å². The molecule has 0 bridgehead atoms. The van der Waals surface area contributed by atoms with Crippen molar-refractivity contribution in [2.45, 2.75) is 44.6 Å². The van der Waals surface area contributed by atoms with Crippen molar-refractivity contribution < 1.29 is 24.2 Å². The van der Waals surface area contributed by atoms with Gasteiger partial charge in [-0.2, -0.15) is 0 Å². The number of fused-ring (bicyclic) bond motifs is 1. The lowest BCUT2D eigenvalue weighted by atomic mass is 9.75. The van der Waals surface area contributed by atoms with Crippen LogP contribution in [0.5, 0.6) is 11.5 Å². The summed E-state index contributed by atoms with van der Waals surface area (Å²) in [6, 6.07) is 12.5. The van der Waals surface area contributed by atoms with Crippen LogP contribution in [0.2, 0.25) is 0 Å². The van der Waals surface area contributed by atoms with Crippen LogP contribution in [-0.4, -0.2) is 23.8 Å². The van der Waals surface area contributed by atoms with Crippen LogP contribution in [0, 0.1) is 5.92 Å². The lowest BCUT2D eigenvalue weighted by molar-refractivity contribution is -0.127. The van der Waals surface area contributed by atoms with Gasteiger partial charge in [-0.3, -0.25) is 4.79 Å². The molecule has 3 atom stereocenters. The van der Waals surface area contributed by atoms with E-state index in [4.69, 9.17) is 14.6 Å². The molecule has 1 saturated carbocycles. The molecular weight excluding hydrogens is 370 g/mol. The molecule has 1 amide bonds. The monoisotopic (exact) mass is 395 g/mol. The summed E-state index contributed by atoms with van der Waals surface area (Å²) in [6.07, 6.45) is 3.88. The fourth-order valence-electron chi connectivity index (χ4n) is 4.30. The molecule has 0 saturated heterocycles. The number of carbonyl (C=O) groups excluding carboxylic acids is 1. The first-order chi connectivity index (χ1) is 14.0. The maximum Gasteiger partial charge on any atom is 0.335 e. The Labute approximate surface area is 169 Å². The van der Waals surface area contributed by atoms with E-state index in [1.54, 1.807) is 12.1 Å². The van der Waals surface area contributed by atoms with Crippen molar-refractivity contribution in [2.24, 2.45) is 5.92 Å². The summed E-state index contributed by atoms with van der Waals surface area (Å²) in [5.41, 5.74) is 2.27. The van der Waals surface area contributed by atoms with Crippen LogP contribution in [0.1, 0.15) is 66.1 Å². The Balaban J connectivity index is 1.47. The number of aromatic carboxylic acids is 1. The van der Waals surface area contributed by atoms with Crippen LogP contribution in [0.15, 0.2) is 42.5 Å². The number of carboxylic acid groups (broad SMARTS) is 1. The normalized spacial score (nSPS) is 21.4. The molecule has 2 N–H and O–H groups in total.